The number of hydrogen-bond acceptors (Lipinski definition) is 2. The summed E-state index contributed by atoms with van der Waals surface area (Å²) in [4.78, 5) is 10.6. The Bertz CT molecular complexity index is 420. The predicted octanol–water partition coefficient (Wildman–Crippen LogP) is 2.83. The highest BCUT2D eigenvalue weighted by Crippen LogP contribution is 2.36. The van der Waals surface area contributed by atoms with E-state index < -0.39 is 5.60 Å². The van der Waals surface area contributed by atoms with E-state index in [4.69, 9.17) is 4.74 Å². The molecule has 15 heavy (non-hydrogen) atoms. The van der Waals surface area contributed by atoms with Crippen LogP contribution in [0.3, 0.4) is 0 Å². The number of hydrogen-bond donors (Lipinski definition) is 0. The van der Waals surface area contributed by atoms with Gasteiger partial charge in [-0.25, -0.2) is 0 Å². The average molecular weight is 202 g/mol. The number of aldehydes is 1. The van der Waals surface area contributed by atoms with Gasteiger partial charge in [-0.1, -0.05) is 18.2 Å². The largest absolute Gasteiger partial charge is 0.482 e. The molecule has 0 aliphatic carbocycles. The van der Waals surface area contributed by atoms with Crippen LogP contribution in [0.15, 0.2) is 30.3 Å². The fourth-order valence-electron chi connectivity index (χ4n) is 1.96. The van der Waals surface area contributed by atoms with E-state index in [9.17, 15) is 4.79 Å². The van der Waals surface area contributed by atoms with Crippen LogP contribution in [-0.4, -0.2) is 11.9 Å². The van der Waals surface area contributed by atoms with E-state index >= 15 is 0 Å². The van der Waals surface area contributed by atoms with Crippen molar-refractivity contribution in [3.05, 3.63) is 35.9 Å². The molecule has 78 valence electrons. The van der Waals surface area contributed by atoms with Crippen molar-refractivity contribution in [3.8, 4) is 5.75 Å². The molecule has 0 spiro atoms. The van der Waals surface area contributed by atoms with E-state index in [-0.39, 0.29) is 0 Å². The summed E-state index contributed by atoms with van der Waals surface area (Å²) < 4.78 is 5.82. The molecule has 1 aromatic carbocycles. The molecule has 0 saturated carbocycles. The van der Waals surface area contributed by atoms with E-state index in [0.29, 0.717) is 6.42 Å². The van der Waals surface area contributed by atoms with Gasteiger partial charge in [0, 0.05) is 12.0 Å². The zero-order valence-electron chi connectivity index (χ0n) is 8.99. The zero-order valence-corrected chi connectivity index (χ0v) is 8.99. The predicted molar refractivity (Wildman–Crippen MR) is 59.8 cm³/mol. The van der Waals surface area contributed by atoms with E-state index in [1.807, 2.05) is 44.2 Å². The third-order valence-corrected chi connectivity index (χ3v) is 2.67. The molecule has 2 nitrogen and oxygen atoms in total. The Hall–Kier alpha value is -1.57. The van der Waals surface area contributed by atoms with Gasteiger partial charge < -0.3 is 9.53 Å². The lowest BCUT2D eigenvalue weighted by atomic mass is 9.92. The number of fused-ring (bicyclic) bond motifs is 1. The Morgan fingerprint density at radius 1 is 1.40 bits per heavy atom. The highest BCUT2D eigenvalue weighted by atomic mass is 16.5. The summed E-state index contributed by atoms with van der Waals surface area (Å²) in [5, 5.41) is 0. The molecule has 1 atom stereocenters. The first-order valence-corrected chi connectivity index (χ1v) is 5.06. The first kappa shape index (κ1) is 9.97. The molecule has 0 fully saturated rings. The second kappa shape index (κ2) is 3.54. The maximum Gasteiger partial charge on any atom is 0.131 e. The Balaban J connectivity index is 2.44. The van der Waals surface area contributed by atoms with Crippen LogP contribution in [-0.2, 0) is 4.79 Å². The van der Waals surface area contributed by atoms with Gasteiger partial charge in [0.25, 0.3) is 0 Å². The molecule has 1 aromatic rings. The van der Waals surface area contributed by atoms with Gasteiger partial charge >= 0.3 is 0 Å². The summed E-state index contributed by atoms with van der Waals surface area (Å²) in [6, 6.07) is 7.90. The van der Waals surface area contributed by atoms with Gasteiger partial charge in [-0.3, -0.25) is 0 Å². The Morgan fingerprint density at radius 2 is 2.13 bits per heavy atom. The SMILES string of the molecule is CC1=C[C@](C)(CC=O)Oc2ccccc21. The standard InChI is InChI=1S/C13H14O2/c1-10-9-13(2,7-8-14)15-12-6-4-3-5-11(10)12/h3-6,8-9H,7H2,1-2H3/t13-/m0/s1. The van der Waals surface area contributed by atoms with Gasteiger partial charge in [0.15, 0.2) is 0 Å². The van der Waals surface area contributed by atoms with Gasteiger partial charge in [0.2, 0.25) is 0 Å². The Morgan fingerprint density at radius 3 is 2.87 bits per heavy atom. The maximum absolute atomic E-state index is 10.6. The summed E-state index contributed by atoms with van der Waals surface area (Å²) >= 11 is 0. The molecule has 0 aromatic heterocycles. The minimum atomic E-state index is -0.486. The number of para-hydroxylation sites is 1. The van der Waals surface area contributed by atoms with Crippen LogP contribution < -0.4 is 4.74 Å². The molecule has 0 N–H and O–H groups in total. The smallest absolute Gasteiger partial charge is 0.131 e. The number of benzene rings is 1. The molecule has 0 amide bonds. The minimum absolute atomic E-state index is 0.388. The van der Waals surface area contributed by atoms with E-state index in [0.717, 1.165) is 17.6 Å². The quantitative estimate of drug-likeness (QED) is 0.689. The van der Waals surface area contributed by atoms with Gasteiger partial charge in [0.1, 0.15) is 17.6 Å². The van der Waals surface area contributed by atoms with Gasteiger partial charge in [0.05, 0.1) is 0 Å². The first-order valence-electron chi connectivity index (χ1n) is 5.06. The molecule has 0 radical (unpaired) electrons. The topological polar surface area (TPSA) is 26.3 Å². The van der Waals surface area contributed by atoms with Crippen LogP contribution in [0.1, 0.15) is 25.8 Å². The molecule has 0 bridgehead atoms. The zero-order chi connectivity index (χ0) is 10.9. The molecule has 2 heteroatoms. The van der Waals surface area contributed by atoms with Crippen molar-refractivity contribution in [2.75, 3.05) is 0 Å². The molecule has 1 aliphatic rings. The fraction of sp³-hybridized carbons (Fsp3) is 0.308. The minimum Gasteiger partial charge on any atom is -0.482 e. The third kappa shape index (κ3) is 1.80. The van der Waals surface area contributed by atoms with Crippen molar-refractivity contribution in [2.45, 2.75) is 25.9 Å². The number of ether oxygens (including phenoxy) is 1. The molecule has 0 unspecified atom stereocenters. The van der Waals surface area contributed by atoms with Gasteiger partial charge in [-0.2, -0.15) is 0 Å². The summed E-state index contributed by atoms with van der Waals surface area (Å²) in [6.45, 7) is 3.98. The van der Waals surface area contributed by atoms with Gasteiger partial charge in [-0.15, -0.1) is 0 Å². The number of allylic oxidation sites excluding steroid dienone is 1. The lowest BCUT2D eigenvalue weighted by Crippen LogP contribution is -2.33. The summed E-state index contributed by atoms with van der Waals surface area (Å²) in [6.07, 6.45) is 3.31. The molecule has 1 aliphatic heterocycles. The van der Waals surface area contributed by atoms with Crippen molar-refractivity contribution >= 4 is 11.9 Å². The van der Waals surface area contributed by atoms with Crippen LogP contribution in [0.4, 0.5) is 0 Å². The van der Waals surface area contributed by atoms with E-state index in [1.165, 1.54) is 5.57 Å². The summed E-state index contributed by atoms with van der Waals surface area (Å²) in [7, 11) is 0. The van der Waals surface area contributed by atoms with Crippen molar-refractivity contribution in [3.63, 3.8) is 0 Å². The number of rotatable bonds is 2. The highest BCUT2D eigenvalue weighted by molar-refractivity contribution is 5.72. The van der Waals surface area contributed by atoms with Crippen molar-refractivity contribution in [1.29, 1.82) is 0 Å². The van der Waals surface area contributed by atoms with E-state index in [1.54, 1.807) is 0 Å². The van der Waals surface area contributed by atoms with Crippen molar-refractivity contribution in [2.24, 2.45) is 0 Å². The molecule has 1 heterocycles. The fourth-order valence-corrected chi connectivity index (χ4v) is 1.96. The Labute approximate surface area is 89.6 Å². The molecule has 2 rings (SSSR count). The second-order valence-corrected chi connectivity index (χ2v) is 4.11. The lowest BCUT2D eigenvalue weighted by molar-refractivity contribution is -0.110. The number of carbonyl (C=O) groups excluding carboxylic acids is 1. The van der Waals surface area contributed by atoms with Crippen LogP contribution in [0.5, 0.6) is 5.75 Å². The van der Waals surface area contributed by atoms with Crippen molar-refractivity contribution < 1.29 is 9.53 Å². The Kier molecular flexibility index (Phi) is 2.35. The molecule has 0 saturated heterocycles. The molecular weight excluding hydrogens is 188 g/mol. The second-order valence-electron chi connectivity index (χ2n) is 4.11. The number of carbonyl (C=O) groups is 1. The van der Waals surface area contributed by atoms with Gasteiger partial charge in [-0.05, 0) is 31.6 Å². The first-order chi connectivity index (χ1) is 7.14. The highest BCUT2D eigenvalue weighted by Gasteiger charge is 2.28. The molecular formula is C13H14O2. The van der Waals surface area contributed by atoms with Crippen LogP contribution in [0.2, 0.25) is 0 Å². The summed E-state index contributed by atoms with van der Waals surface area (Å²) in [5.41, 5.74) is 1.79. The van der Waals surface area contributed by atoms with Crippen molar-refractivity contribution in [1.82, 2.24) is 0 Å². The third-order valence-electron chi connectivity index (χ3n) is 2.67. The van der Waals surface area contributed by atoms with Crippen LogP contribution >= 0.6 is 0 Å². The normalized spacial score (nSPS) is 23.7. The average Bonchev–Trinajstić information content (AvgIpc) is 2.17. The monoisotopic (exact) mass is 202 g/mol. The lowest BCUT2D eigenvalue weighted by Gasteiger charge is -2.32. The van der Waals surface area contributed by atoms with E-state index in [2.05, 4.69) is 0 Å². The summed E-state index contributed by atoms with van der Waals surface area (Å²) in [5.74, 6) is 0.863. The van der Waals surface area contributed by atoms with Crippen LogP contribution in [0.25, 0.3) is 5.57 Å². The van der Waals surface area contributed by atoms with Crippen LogP contribution in [0, 0.1) is 0 Å². The maximum atomic E-state index is 10.6.